The monoisotopic (exact) mass is 322 g/mol. The fourth-order valence-corrected chi connectivity index (χ4v) is 2.78. The van der Waals surface area contributed by atoms with Crippen LogP contribution in [-0.2, 0) is 18.3 Å². The third-order valence-electron chi connectivity index (χ3n) is 4.06. The smallest absolute Gasteiger partial charge is 0.194 e. The predicted molar refractivity (Wildman–Crippen MR) is 91.4 cm³/mol. The molecular weight excluding hydrogens is 292 g/mol. The van der Waals surface area contributed by atoms with Crippen LogP contribution in [0, 0.1) is 6.92 Å². The number of rotatable bonds is 3. The van der Waals surface area contributed by atoms with Gasteiger partial charge in [0.2, 0.25) is 0 Å². The van der Waals surface area contributed by atoms with Crippen molar-refractivity contribution in [1.82, 2.24) is 25.0 Å². The van der Waals surface area contributed by atoms with E-state index in [1.807, 2.05) is 25.6 Å². The number of hydrogen-bond donors (Lipinski definition) is 1. The average Bonchev–Trinajstić information content (AvgIpc) is 2.80. The normalized spacial score (nSPS) is 17.7. The Labute approximate surface area is 139 Å². The van der Waals surface area contributed by atoms with Gasteiger partial charge in [0.05, 0.1) is 18.2 Å². The highest BCUT2D eigenvalue weighted by Crippen LogP contribution is 2.20. The molecule has 0 atom stereocenters. The second-order valence-electron chi connectivity index (χ2n) is 7.04. The number of aromatic nitrogens is 3. The minimum Gasteiger partial charge on any atom is -0.372 e. The predicted octanol–water partition coefficient (Wildman–Crippen LogP) is 1.48. The van der Waals surface area contributed by atoms with Crippen molar-refractivity contribution < 1.29 is 4.74 Å². The molecule has 0 spiro atoms. The number of guanidine groups is 1. The van der Waals surface area contributed by atoms with E-state index in [0.717, 1.165) is 43.5 Å². The molecule has 2 rings (SSSR count). The van der Waals surface area contributed by atoms with Crippen molar-refractivity contribution in [1.29, 1.82) is 0 Å². The summed E-state index contributed by atoms with van der Waals surface area (Å²) in [5.74, 6) is 2.74. The van der Waals surface area contributed by atoms with E-state index in [2.05, 4.69) is 46.2 Å². The first kappa shape index (κ1) is 17.7. The van der Waals surface area contributed by atoms with Crippen LogP contribution in [0.25, 0.3) is 0 Å². The van der Waals surface area contributed by atoms with Crippen molar-refractivity contribution >= 4 is 5.96 Å². The molecule has 2 heterocycles. The van der Waals surface area contributed by atoms with E-state index in [1.54, 1.807) is 0 Å². The van der Waals surface area contributed by atoms with Gasteiger partial charge in [-0.05, 0) is 40.5 Å². The van der Waals surface area contributed by atoms with Crippen LogP contribution in [0.15, 0.2) is 4.99 Å². The Morgan fingerprint density at radius 2 is 1.96 bits per heavy atom. The highest BCUT2D eigenvalue weighted by molar-refractivity contribution is 5.79. The van der Waals surface area contributed by atoms with Gasteiger partial charge in [0.25, 0.3) is 0 Å². The molecule has 1 N–H and O–H groups in total. The van der Waals surface area contributed by atoms with Crippen molar-refractivity contribution in [3.8, 4) is 0 Å². The number of nitrogens with one attached hydrogen (secondary N) is 1. The Bertz CT molecular complexity index is 537. The first-order chi connectivity index (χ1) is 10.8. The Morgan fingerprint density at radius 1 is 1.30 bits per heavy atom. The summed E-state index contributed by atoms with van der Waals surface area (Å²) in [5, 5.41) is 11.6. The molecule has 1 saturated heterocycles. The molecule has 0 saturated carbocycles. The maximum Gasteiger partial charge on any atom is 0.194 e. The molecule has 1 fully saturated rings. The molecule has 7 heteroatoms. The van der Waals surface area contributed by atoms with Crippen LogP contribution in [0.3, 0.4) is 0 Å². The maximum atomic E-state index is 6.08. The molecular formula is C16H30N6O. The molecule has 0 bridgehead atoms. The number of ether oxygens (including phenoxy) is 1. The molecule has 0 radical (unpaired) electrons. The summed E-state index contributed by atoms with van der Waals surface area (Å²) in [6.07, 6.45) is 2.40. The minimum absolute atomic E-state index is 0.0736. The van der Waals surface area contributed by atoms with E-state index in [9.17, 15) is 0 Å². The Hall–Kier alpha value is -1.63. The van der Waals surface area contributed by atoms with Crippen LogP contribution in [0.5, 0.6) is 0 Å². The molecule has 130 valence electrons. The van der Waals surface area contributed by atoms with Crippen LogP contribution in [0.2, 0.25) is 0 Å². The zero-order valence-corrected chi connectivity index (χ0v) is 15.3. The van der Waals surface area contributed by atoms with Crippen LogP contribution in [0.4, 0.5) is 0 Å². The van der Waals surface area contributed by atoms with E-state index in [1.165, 1.54) is 0 Å². The molecule has 1 aromatic heterocycles. The van der Waals surface area contributed by atoms with Crippen LogP contribution >= 0.6 is 0 Å². The standard InChI is InChI=1S/C16H30N6O/c1-12-19-20-14(21(12)6)11-18-15(17-5)22-9-7-13(8-10-22)23-16(2,3)4/h13H,7-11H2,1-6H3,(H,17,18). The van der Waals surface area contributed by atoms with Crippen LogP contribution in [0.1, 0.15) is 45.3 Å². The topological polar surface area (TPSA) is 67.6 Å². The minimum atomic E-state index is -0.0736. The molecule has 23 heavy (non-hydrogen) atoms. The summed E-state index contributed by atoms with van der Waals surface area (Å²) in [6.45, 7) is 10.8. The average molecular weight is 322 g/mol. The molecule has 0 amide bonds. The van der Waals surface area contributed by atoms with Crippen molar-refractivity contribution in [2.24, 2.45) is 12.0 Å². The largest absolute Gasteiger partial charge is 0.372 e. The summed E-state index contributed by atoms with van der Waals surface area (Å²) in [6, 6.07) is 0. The SMILES string of the molecule is CN=C(NCc1nnc(C)n1C)N1CCC(OC(C)(C)C)CC1. The molecule has 0 aliphatic carbocycles. The van der Waals surface area contributed by atoms with Gasteiger partial charge in [-0.15, -0.1) is 10.2 Å². The third-order valence-corrected chi connectivity index (χ3v) is 4.06. The van der Waals surface area contributed by atoms with Crippen LogP contribution < -0.4 is 5.32 Å². The number of nitrogens with zero attached hydrogens (tertiary/aromatic N) is 5. The fraction of sp³-hybridized carbons (Fsp3) is 0.812. The summed E-state index contributed by atoms with van der Waals surface area (Å²) < 4.78 is 8.07. The number of likely N-dealkylation sites (tertiary alicyclic amines) is 1. The highest BCUT2D eigenvalue weighted by Gasteiger charge is 2.25. The highest BCUT2D eigenvalue weighted by atomic mass is 16.5. The lowest BCUT2D eigenvalue weighted by Crippen LogP contribution is -2.47. The van der Waals surface area contributed by atoms with Crippen LogP contribution in [-0.4, -0.2) is 57.5 Å². The molecule has 0 unspecified atom stereocenters. The van der Waals surface area contributed by atoms with Gasteiger partial charge in [-0.2, -0.15) is 0 Å². The summed E-state index contributed by atoms with van der Waals surface area (Å²) in [5.41, 5.74) is -0.0736. The van der Waals surface area contributed by atoms with Gasteiger partial charge in [0.15, 0.2) is 11.8 Å². The first-order valence-electron chi connectivity index (χ1n) is 8.28. The molecule has 1 aliphatic heterocycles. The number of piperidine rings is 1. The first-order valence-corrected chi connectivity index (χ1v) is 8.28. The van der Waals surface area contributed by atoms with Gasteiger partial charge in [-0.25, -0.2) is 0 Å². The number of aliphatic imine (C=N–C) groups is 1. The molecule has 1 aromatic rings. The van der Waals surface area contributed by atoms with E-state index in [4.69, 9.17) is 4.74 Å². The third kappa shape index (κ3) is 4.92. The van der Waals surface area contributed by atoms with E-state index < -0.39 is 0 Å². The lowest BCUT2D eigenvalue weighted by Gasteiger charge is -2.36. The van der Waals surface area contributed by atoms with Gasteiger partial charge in [-0.1, -0.05) is 0 Å². The zero-order valence-electron chi connectivity index (χ0n) is 15.3. The zero-order chi connectivity index (χ0) is 17.0. The van der Waals surface area contributed by atoms with Gasteiger partial charge in [-0.3, -0.25) is 4.99 Å². The van der Waals surface area contributed by atoms with E-state index in [0.29, 0.717) is 12.6 Å². The van der Waals surface area contributed by atoms with Crippen molar-refractivity contribution in [2.45, 2.75) is 58.8 Å². The van der Waals surface area contributed by atoms with Crippen molar-refractivity contribution in [3.05, 3.63) is 11.6 Å². The molecule has 1 aliphatic rings. The quantitative estimate of drug-likeness (QED) is 0.674. The molecule has 7 nitrogen and oxygen atoms in total. The van der Waals surface area contributed by atoms with Gasteiger partial charge >= 0.3 is 0 Å². The van der Waals surface area contributed by atoms with E-state index >= 15 is 0 Å². The van der Waals surface area contributed by atoms with Crippen molar-refractivity contribution in [3.63, 3.8) is 0 Å². The number of hydrogen-bond acceptors (Lipinski definition) is 4. The van der Waals surface area contributed by atoms with Gasteiger partial charge in [0, 0.05) is 27.2 Å². The summed E-state index contributed by atoms with van der Waals surface area (Å²) >= 11 is 0. The molecule has 0 aromatic carbocycles. The van der Waals surface area contributed by atoms with E-state index in [-0.39, 0.29) is 5.60 Å². The van der Waals surface area contributed by atoms with Crippen molar-refractivity contribution in [2.75, 3.05) is 20.1 Å². The lowest BCUT2D eigenvalue weighted by molar-refractivity contribution is -0.0772. The lowest BCUT2D eigenvalue weighted by atomic mass is 10.1. The second kappa shape index (κ2) is 7.29. The maximum absolute atomic E-state index is 6.08. The Morgan fingerprint density at radius 3 is 2.43 bits per heavy atom. The summed E-state index contributed by atoms with van der Waals surface area (Å²) in [7, 11) is 3.80. The van der Waals surface area contributed by atoms with Gasteiger partial charge < -0.3 is 19.5 Å². The summed E-state index contributed by atoms with van der Waals surface area (Å²) in [4.78, 5) is 6.68. The number of aryl methyl sites for hydroxylation is 1. The second-order valence-corrected chi connectivity index (χ2v) is 7.04. The van der Waals surface area contributed by atoms with Gasteiger partial charge in [0.1, 0.15) is 5.82 Å². The fourth-order valence-electron chi connectivity index (χ4n) is 2.78. The Balaban J connectivity index is 1.85. The Kier molecular flexibility index (Phi) is 5.62.